The largest absolute Gasteiger partial charge is 0.351 e. The van der Waals surface area contributed by atoms with Crippen LogP contribution in [0.15, 0.2) is 29.6 Å². The van der Waals surface area contributed by atoms with Gasteiger partial charge in [-0.05, 0) is 24.6 Å². The highest BCUT2D eigenvalue weighted by atomic mass is 35.5. The molecule has 0 aliphatic carbocycles. The Kier molecular flexibility index (Phi) is 9.93. The van der Waals surface area contributed by atoms with Gasteiger partial charge in [0, 0.05) is 18.3 Å². The molecule has 0 atom stereocenters. The Labute approximate surface area is 145 Å². The number of carbonyl (C=O) groups is 1. The van der Waals surface area contributed by atoms with Crippen molar-refractivity contribution < 1.29 is 9.18 Å². The van der Waals surface area contributed by atoms with Crippen LogP contribution in [0.5, 0.6) is 0 Å². The lowest BCUT2D eigenvalue weighted by Gasteiger charge is -2.01. The van der Waals surface area contributed by atoms with E-state index in [0.717, 1.165) is 11.4 Å². The van der Waals surface area contributed by atoms with Crippen LogP contribution >= 0.6 is 36.2 Å². The third-order valence-corrected chi connectivity index (χ3v) is 3.60. The fourth-order valence-electron chi connectivity index (χ4n) is 1.70. The molecular formula is C14H18Cl2FN3OS. The smallest absolute Gasteiger partial charge is 0.270 e. The van der Waals surface area contributed by atoms with Crippen LogP contribution < -0.4 is 11.1 Å². The molecule has 1 amide bonds. The first-order valence-corrected chi connectivity index (χ1v) is 7.24. The first kappa shape index (κ1) is 20.8. The van der Waals surface area contributed by atoms with Crippen LogP contribution in [0.3, 0.4) is 0 Å². The van der Waals surface area contributed by atoms with E-state index in [-0.39, 0.29) is 36.5 Å². The molecule has 1 aromatic heterocycles. The molecule has 1 aromatic carbocycles. The summed E-state index contributed by atoms with van der Waals surface area (Å²) in [4.78, 5) is 16.0. The van der Waals surface area contributed by atoms with E-state index in [9.17, 15) is 9.18 Å². The van der Waals surface area contributed by atoms with Gasteiger partial charge in [-0.1, -0.05) is 18.2 Å². The summed E-state index contributed by atoms with van der Waals surface area (Å²) >= 11 is 1.36. The summed E-state index contributed by atoms with van der Waals surface area (Å²) in [5, 5.41) is 5.15. The minimum atomic E-state index is -0.253. The molecule has 0 radical (unpaired) electrons. The summed E-state index contributed by atoms with van der Waals surface area (Å²) in [6.45, 7) is 1.07. The molecule has 0 aliphatic heterocycles. The van der Waals surface area contributed by atoms with Crippen molar-refractivity contribution in [3.05, 3.63) is 51.7 Å². The van der Waals surface area contributed by atoms with Crippen LogP contribution in [0.4, 0.5) is 4.39 Å². The van der Waals surface area contributed by atoms with E-state index in [0.29, 0.717) is 30.8 Å². The van der Waals surface area contributed by atoms with Crippen LogP contribution in [0.1, 0.15) is 27.5 Å². The Hall–Kier alpha value is -1.21. The summed E-state index contributed by atoms with van der Waals surface area (Å²) in [7, 11) is 0. The zero-order valence-corrected chi connectivity index (χ0v) is 14.2. The highest BCUT2D eigenvalue weighted by molar-refractivity contribution is 7.09. The monoisotopic (exact) mass is 365 g/mol. The van der Waals surface area contributed by atoms with Crippen molar-refractivity contribution in [1.82, 2.24) is 10.3 Å². The van der Waals surface area contributed by atoms with Gasteiger partial charge in [0.25, 0.3) is 5.91 Å². The van der Waals surface area contributed by atoms with Crippen LogP contribution in [0.25, 0.3) is 0 Å². The Morgan fingerprint density at radius 1 is 1.32 bits per heavy atom. The highest BCUT2D eigenvalue weighted by Gasteiger charge is 2.11. The first-order chi connectivity index (χ1) is 9.70. The van der Waals surface area contributed by atoms with Crippen molar-refractivity contribution in [3.63, 3.8) is 0 Å². The number of nitrogens with two attached hydrogens (primary N) is 1. The average Bonchev–Trinajstić information content (AvgIpc) is 2.90. The molecule has 2 aromatic rings. The second-order valence-electron chi connectivity index (χ2n) is 4.29. The van der Waals surface area contributed by atoms with Gasteiger partial charge in [-0.25, -0.2) is 9.37 Å². The van der Waals surface area contributed by atoms with Gasteiger partial charge in [0.2, 0.25) is 0 Å². The van der Waals surface area contributed by atoms with E-state index >= 15 is 0 Å². The van der Waals surface area contributed by atoms with E-state index in [4.69, 9.17) is 5.73 Å². The lowest BCUT2D eigenvalue weighted by molar-refractivity contribution is 0.0949. The van der Waals surface area contributed by atoms with Gasteiger partial charge in [-0.2, -0.15) is 0 Å². The molecule has 1 heterocycles. The zero-order valence-electron chi connectivity index (χ0n) is 11.8. The zero-order chi connectivity index (χ0) is 14.4. The molecule has 0 aliphatic rings. The molecular weight excluding hydrogens is 348 g/mol. The Morgan fingerprint density at radius 3 is 2.73 bits per heavy atom. The van der Waals surface area contributed by atoms with E-state index in [1.54, 1.807) is 23.6 Å². The Morgan fingerprint density at radius 2 is 2.05 bits per heavy atom. The van der Waals surface area contributed by atoms with Gasteiger partial charge in [0.05, 0.1) is 5.01 Å². The molecule has 0 bridgehead atoms. The van der Waals surface area contributed by atoms with Crippen LogP contribution in [0, 0.1) is 5.82 Å². The Bertz CT molecular complexity index is 595. The summed E-state index contributed by atoms with van der Waals surface area (Å²) in [5.41, 5.74) is 6.31. The maximum atomic E-state index is 13.5. The fourth-order valence-corrected chi connectivity index (χ4v) is 2.49. The van der Waals surface area contributed by atoms with Crippen LogP contribution in [0.2, 0.25) is 0 Å². The minimum absolute atomic E-state index is 0. The number of rotatable bonds is 6. The van der Waals surface area contributed by atoms with Crippen molar-refractivity contribution in [2.24, 2.45) is 5.73 Å². The number of nitrogens with zero attached hydrogens (tertiary/aromatic N) is 1. The van der Waals surface area contributed by atoms with E-state index in [2.05, 4.69) is 10.3 Å². The van der Waals surface area contributed by atoms with Gasteiger partial charge in [0.15, 0.2) is 0 Å². The minimum Gasteiger partial charge on any atom is -0.351 e. The molecule has 3 N–H and O–H groups in total. The molecule has 0 saturated heterocycles. The van der Waals surface area contributed by atoms with E-state index < -0.39 is 0 Å². The van der Waals surface area contributed by atoms with Crippen molar-refractivity contribution >= 4 is 42.1 Å². The number of nitrogens with one attached hydrogen (secondary N) is 1. The third-order valence-electron chi connectivity index (χ3n) is 2.75. The number of hydrogen-bond donors (Lipinski definition) is 2. The molecule has 0 saturated carbocycles. The fraction of sp³-hybridized carbons (Fsp3) is 0.286. The van der Waals surface area contributed by atoms with Crippen molar-refractivity contribution in [3.8, 4) is 0 Å². The molecule has 4 nitrogen and oxygen atoms in total. The van der Waals surface area contributed by atoms with Crippen molar-refractivity contribution in [2.75, 3.05) is 13.1 Å². The molecule has 8 heteroatoms. The average molecular weight is 366 g/mol. The molecule has 22 heavy (non-hydrogen) atoms. The molecule has 0 spiro atoms. The lowest BCUT2D eigenvalue weighted by Crippen LogP contribution is -2.26. The first-order valence-electron chi connectivity index (χ1n) is 6.37. The lowest BCUT2D eigenvalue weighted by atomic mass is 10.1. The highest BCUT2D eigenvalue weighted by Crippen LogP contribution is 2.16. The topological polar surface area (TPSA) is 68.0 Å². The van der Waals surface area contributed by atoms with Crippen molar-refractivity contribution in [1.29, 1.82) is 0 Å². The second kappa shape index (κ2) is 10.5. The number of halogens is 3. The van der Waals surface area contributed by atoms with E-state index in [1.165, 1.54) is 17.4 Å². The number of aromatic nitrogens is 1. The van der Waals surface area contributed by atoms with Crippen molar-refractivity contribution in [2.45, 2.75) is 12.8 Å². The number of hydrogen-bond acceptors (Lipinski definition) is 4. The Balaban J connectivity index is 0.00000220. The standard InChI is InChI=1S/C14H16FN3OS.2ClH/c15-11-5-2-1-4-10(11)8-13-18-12(9-20-13)14(19)17-7-3-6-16;;/h1-2,4-5,9H,3,6-8,16H2,(H,17,19);2*1H. The SMILES string of the molecule is Cl.Cl.NCCCNC(=O)c1csc(Cc2ccccc2F)n1. The van der Waals surface area contributed by atoms with Gasteiger partial charge < -0.3 is 11.1 Å². The number of amides is 1. The number of carbonyl (C=O) groups excluding carboxylic acids is 1. The number of benzene rings is 1. The maximum Gasteiger partial charge on any atom is 0.270 e. The second-order valence-corrected chi connectivity index (χ2v) is 5.24. The third kappa shape index (κ3) is 5.88. The summed E-state index contributed by atoms with van der Waals surface area (Å²) in [5.74, 6) is -0.467. The summed E-state index contributed by atoms with van der Waals surface area (Å²) in [6, 6.07) is 6.57. The van der Waals surface area contributed by atoms with Gasteiger partial charge in [-0.15, -0.1) is 36.2 Å². The van der Waals surface area contributed by atoms with Gasteiger partial charge >= 0.3 is 0 Å². The van der Waals surface area contributed by atoms with Gasteiger partial charge in [-0.3, -0.25) is 4.79 Å². The summed E-state index contributed by atoms with van der Waals surface area (Å²) < 4.78 is 13.5. The van der Waals surface area contributed by atoms with Crippen LogP contribution in [-0.4, -0.2) is 24.0 Å². The normalized spacial score (nSPS) is 9.55. The van der Waals surface area contributed by atoms with E-state index in [1.807, 2.05) is 0 Å². The number of thiazole rings is 1. The summed E-state index contributed by atoms with van der Waals surface area (Å²) in [6.07, 6.45) is 1.13. The predicted molar refractivity (Wildman–Crippen MR) is 91.8 cm³/mol. The predicted octanol–water partition coefficient (Wildman–Crippen LogP) is 2.80. The molecule has 0 unspecified atom stereocenters. The van der Waals surface area contributed by atoms with Crippen LogP contribution in [-0.2, 0) is 6.42 Å². The molecule has 2 rings (SSSR count). The van der Waals surface area contributed by atoms with Gasteiger partial charge in [0.1, 0.15) is 11.5 Å². The molecule has 0 fully saturated rings. The maximum absolute atomic E-state index is 13.5. The quantitative estimate of drug-likeness (QED) is 0.773. The molecule has 122 valence electrons.